The maximum absolute atomic E-state index is 12.3. The molecule has 0 atom stereocenters. The molecule has 1 rings (SSSR count). The number of amides is 3. The SMILES string of the molecule is CC(C)CN(CC=Cc1ccccc1)C(=O)CNC(=O)N(C)C. The third kappa shape index (κ3) is 7.49. The summed E-state index contributed by atoms with van der Waals surface area (Å²) in [5.74, 6) is 0.292. The Morgan fingerprint density at radius 3 is 2.39 bits per heavy atom. The zero-order valence-electron chi connectivity index (χ0n) is 14.5. The van der Waals surface area contributed by atoms with Crippen molar-refractivity contribution in [3.63, 3.8) is 0 Å². The van der Waals surface area contributed by atoms with Crippen LogP contribution in [0.2, 0.25) is 0 Å². The van der Waals surface area contributed by atoms with Gasteiger partial charge in [0, 0.05) is 27.2 Å². The lowest BCUT2D eigenvalue weighted by Crippen LogP contribution is -2.44. The van der Waals surface area contributed by atoms with Crippen LogP contribution in [0.3, 0.4) is 0 Å². The Balaban J connectivity index is 2.59. The molecule has 0 radical (unpaired) electrons. The van der Waals surface area contributed by atoms with Crippen LogP contribution in [-0.2, 0) is 4.79 Å². The summed E-state index contributed by atoms with van der Waals surface area (Å²) < 4.78 is 0. The molecule has 0 aliphatic heterocycles. The summed E-state index contributed by atoms with van der Waals surface area (Å²) in [6.45, 7) is 5.35. The standard InChI is InChI=1S/C18H27N3O2/c1-15(2)14-21(17(22)13-19-18(23)20(3)4)12-8-11-16-9-6-5-7-10-16/h5-11,15H,12-14H2,1-4H3,(H,19,23). The minimum absolute atomic E-state index is 0.0168. The van der Waals surface area contributed by atoms with E-state index in [9.17, 15) is 9.59 Å². The van der Waals surface area contributed by atoms with Gasteiger partial charge >= 0.3 is 6.03 Å². The lowest BCUT2D eigenvalue weighted by atomic mass is 10.2. The third-order valence-corrected chi connectivity index (χ3v) is 3.17. The number of urea groups is 1. The van der Waals surface area contributed by atoms with Gasteiger partial charge in [0.15, 0.2) is 0 Å². The van der Waals surface area contributed by atoms with E-state index in [1.165, 1.54) is 4.90 Å². The molecule has 0 aliphatic rings. The first-order valence-corrected chi connectivity index (χ1v) is 7.84. The fraction of sp³-hybridized carbons (Fsp3) is 0.444. The summed E-state index contributed by atoms with van der Waals surface area (Å²) in [5.41, 5.74) is 1.10. The summed E-state index contributed by atoms with van der Waals surface area (Å²) in [7, 11) is 3.29. The summed E-state index contributed by atoms with van der Waals surface area (Å²) >= 11 is 0. The van der Waals surface area contributed by atoms with Gasteiger partial charge in [-0.2, -0.15) is 0 Å². The molecule has 0 unspecified atom stereocenters. The zero-order valence-corrected chi connectivity index (χ0v) is 14.5. The second kappa shape index (κ2) is 9.66. The van der Waals surface area contributed by atoms with Crippen molar-refractivity contribution < 1.29 is 9.59 Å². The highest BCUT2D eigenvalue weighted by atomic mass is 16.2. The van der Waals surface area contributed by atoms with Gasteiger partial charge in [-0.15, -0.1) is 0 Å². The molecular weight excluding hydrogens is 290 g/mol. The van der Waals surface area contributed by atoms with Crippen molar-refractivity contribution in [2.75, 3.05) is 33.7 Å². The van der Waals surface area contributed by atoms with E-state index in [0.717, 1.165) is 5.56 Å². The molecule has 0 saturated heterocycles. The summed E-state index contributed by atoms with van der Waals surface area (Å²) in [5, 5.41) is 2.62. The van der Waals surface area contributed by atoms with E-state index < -0.39 is 0 Å². The van der Waals surface area contributed by atoms with Crippen molar-refractivity contribution in [1.82, 2.24) is 15.1 Å². The van der Waals surface area contributed by atoms with Crippen LogP contribution in [0.5, 0.6) is 0 Å². The number of nitrogens with zero attached hydrogens (tertiary/aromatic N) is 2. The fourth-order valence-corrected chi connectivity index (χ4v) is 2.02. The van der Waals surface area contributed by atoms with Crippen molar-refractivity contribution in [2.24, 2.45) is 5.92 Å². The summed E-state index contributed by atoms with van der Waals surface area (Å²) in [4.78, 5) is 27.0. The Morgan fingerprint density at radius 1 is 1.17 bits per heavy atom. The molecule has 0 spiro atoms. The first kappa shape index (κ1) is 18.7. The van der Waals surface area contributed by atoms with Crippen molar-refractivity contribution in [2.45, 2.75) is 13.8 Å². The maximum Gasteiger partial charge on any atom is 0.317 e. The summed E-state index contributed by atoms with van der Waals surface area (Å²) in [6.07, 6.45) is 3.97. The Bertz CT molecular complexity index is 524. The number of nitrogens with one attached hydrogen (secondary N) is 1. The number of hydrogen-bond acceptors (Lipinski definition) is 2. The van der Waals surface area contributed by atoms with Gasteiger partial charge in [0.05, 0.1) is 6.54 Å². The monoisotopic (exact) mass is 317 g/mol. The molecule has 1 N–H and O–H groups in total. The first-order chi connectivity index (χ1) is 10.9. The van der Waals surface area contributed by atoms with E-state index in [1.54, 1.807) is 19.0 Å². The molecule has 126 valence electrons. The molecule has 0 fully saturated rings. The van der Waals surface area contributed by atoms with E-state index in [4.69, 9.17) is 0 Å². The minimum atomic E-state index is -0.261. The maximum atomic E-state index is 12.3. The smallest absolute Gasteiger partial charge is 0.317 e. The third-order valence-electron chi connectivity index (χ3n) is 3.17. The molecule has 1 aromatic carbocycles. The highest BCUT2D eigenvalue weighted by Crippen LogP contribution is 2.04. The van der Waals surface area contributed by atoms with E-state index in [1.807, 2.05) is 42.5 Å². The van der Waals surface area contributed by atoms with Crippen LogP contribution < -0.4 is 5.32 Å². The quantitative estimate of drug-likeness (QED) is 0.840. The van der Waals surface area contributed by atoms with Gasteiger partial charge < -0.3 is 15.1 Å². The number of carbonyl (C=O) groups is 2. The largest absolute Gasteiger partial charge is 0.337 e. The Hall–Kier alpha value is -2.30. The molecule has 0 aliphatic carbocycles. The van der Waals surface area contributed by atoms with Gasteiger partial charge in [-0.3, -0.25) is 4.79 Å². The lowest BCUT2D eigenvalue weighted by molar-refractivity contribution is -0.130. The van der Waals surface area contributed by atoms with Crippen LogP contribution in [0.4, 0.5) is 4.79 Å². The molecular formula is C18H27N3O2. The second-order valence-electron chi connectivity index (χ2n) is 6.06. The highest BCUT2D eigenvalue weighted by Gasteiger charge is 2.15. The van der Waals surface area contributed by atoms with Crippen molar-refractivity contribution in [3.05, 3.63) is 42.0 Å². The number of carbonyl (C=O) groups excluding carboxylic acids is 2. The van der Waals surface area contributed by atoms with Gasteiger partial charge in [-0.1, -0.05) is 56.3 Å². The molecule has 0 bridgehead atoms. The Kier molecular flexibility index (Phi) is 7.88. The Labute approximate surface area is 139 Å². The average Bonchev–Trinajstić information content (AvgIpc) is 2.51. The van der Waals surface area contributed by atoms with Crippen molar-refractivity contribution in [3.8, 4) is 0 Å². The zero-order chi connectivity index (χ0) is 17.2. The van der Waals surface area contributed by atoms with Gasteiger partial charge in [0.2, 0.25) is 5.91 Å². The van der Waals surface area contributed by atoms with Crippen LogP contribution in [0.1, 0.15) is 19.4 Å². The van der Waals surface area contributed by atoms with Crippen LogP contribution in [0.25, 0.3) is 6.08 Å². The van der Waals surface area contributed by atoms with E-state index >= 15 is 0 Å². The predicted molar refractivity (Wildman–Crippen MR) is 94.0 cm³/mol. The van der Waals surface area contributed by atoms with E-state index in [2.05, 4.69) is 19.2 Å². The molecule has 5 heteroatoms. The second-order valence-corrected chi connectivity index (χ2v) is 6.06. The molecule has 0 aromatic heterocycles. The van der Waals surface area contributed by atoms with Crippen molar-refractivity contribution in [1.29, 1.82) is 0 Å². The van der Waals surface area contributed by atoms with Crippen LogP contribution in [-0.4, -0.2) is 55.5 Å². The number of hydrogen-bond donors (Lipinski definition) is 1. The molecule has 23 heavy (non-hydrogen) atoms. The fourth-order valence-electron chi connectivity index (χ4n) is 2.02. The van der Waals surface area contributed by atoms with Gasteiger partial charge in [-0.25, -0.2) is 4.79 Å². The molecule has 0 saturated carbocycles. The highest BCUT2D eigenvalue weighted by molar-refractivity contribution is 5.84. The summed E-state index contributed by atoms with van der Waals surface area (Å²) in [6, 6.07) is 9.70. The number of benzene rings is 1. The van der Waals surface area contributed by atoms with Gasteiger partial charge in [0.1, 0.15) is 0 Å². The molecule has 3 amide bonds. The minimum Gasteiger partial charge on any atom is -0.337 e. The normalized spacial score (nSPS) is 10.8. The topological polar surface area (TPSA) is 52.7 Å². The van der Waals surface area contributed by atoms with Crippen molar-refractivity contribution >= 4 is 18.0 Å². The molecule has 1 aromatic rings. The van der Waals surface area contributed by atoms with Crippen LogP contribution in [0.15, 0.2) is 36.4 Å². The Morgan fingerprint density at radius 2 is 1.83 bits per heavy atom. The van der Waals surface area contributed by atoms with E-state index in [-0.39, 0.29) is 18.5 Å². The lowest BCUT2D eigenvalue weighted by Gasteiger charge is -2.24. The predicted octanol–water partition coefficient (Wildman–Crippen LogP) is 2.46. The average molecular weight is 317 g/mol. The van der Waals surface area contributed by atoms with Crippen LogP contribution in [0, 0.1) is 5.92 Å². The van der Waals surface area contributed by atoms with Gasteiger partial charge in [-0.05, 0) is 11.5 Å². The molecule has 0 heterocycles. The van der Waals surface area contributed by atoms with Crippen LogP contribution >= 0.6 is 0 Å². The van der Waals surface area contributed by atoms with Gasteiger partial charge in [0.25, 0.3) is 0 Å². The molecule has 5 nitrogen and oxygen atoms in total. The van der Waals surface area contributed by atoms with E-state index in [0.29, 0.717) is 19.0 Å². The first-order valence-electron chi connectivity index (χ1n) is 7.84. The number of rotatable bonds is 7.